The molecule has 0 saturated heterocycles. The lowest BCUT2D eigenvalue weighted by molar-refractivity contribution is 0.0685. The third kappa shape index (κ3) is 1.52. The van der Waals surface area contributed by atoms with Gasteiger partial charge in [0.25, 0.3) is 0 Å². The summed E-state index contributed by atoms with van der Waals surface area (Å²) in [5.74, 6) is 0.131. The van der Waals surface area contributed by atoms with Gasteiger partial charge < -0.3 is 14.1 Å². The predicted octanol–water partition coefficient (Wildman–Crippen LogP) is 1.86. The molecule has 1 N–H and O–H groups in total. The van der Waals surface area contributed by atoms with E-state index >= 15 is 0 Å². The zero-order valence-electron chi connectivity index (χ0n) is 8.17. The fraction of sp³-hybridized carbons (Fsp3) is 0.200. The molecule has 0 bridgehead atoms. The maximum absolute atomic E-state index is 10.9. The molecule has 2 aromatic heterocycles. The molecule has 0 amide bonds. The zero-order chi connectivity index (χ0) is 10.8. The summed E-state index contributed by atoms with van der Waals surface area (Å²) in [7, 11) is 0. The highest BCUT2D eigenvalue weighted by Crippen LogP contribution is 2.19. The van der Waals surface area contributed by atoms with Crippen LogP contribution in [0.4, 0.5) is 0 Å². The van der Waals surface area contributed by atoms with Crippen LogP contribution in [-0.4, -0.2) is 20.6 Å². The van der Waals surface area contributed by atoms with Gasteiger partial charge >= 0.3 is 5.97 Å². The van der Waals surface area contributed by atoms with Crippen LogP contribution < -0.4 is 0 Å². The molecule has 78 valence electrons. The Bertz CT molecular complexity index is 471. The molecule has 5 nitrogen and oxygen atoms in total. The number of imidazole rings is 1. The average molecular weight is 206 g/mol. The van der Waals surface area contributed by atoms with Gasteiger partial charge in [-0.3, -0.25) is 0 Å². The van der Waals surface area contributed by atoms with Crippen molar-refractivity contribution in [2.24, 2.45) is 0 Å². The Morgan fingerprint density at radius 3 is 3.00 bits per heavy atom. The highest BCUT2D eigenvalue weighted by atomic mass is 16.4. The number of carboxylic acid groups (broad SMARTS) is 1. The summed E-state index contributed by atoms with van der Waals surface area (Å²) < 4.78 is 6.78. The predicted molar refractivity (Wildman–Crippen MR) is 52.6 cm³/mol. The SMILES string of the molecule is CCn1c(C(=O)O)cnc1-c1ccco1. The number of furan rings is 1. The Hall–Kier alpha value is -2.04. The molecule has 0 radical (unpaired) electrons. The van der Waals surface area contributed by atoms with E-state index in [1.165, 1.54) is 12.5 Å². The second-order valence-electron chi connectivity index (χ2n) is 2.99. The molecule has 2 heterocycles. The van der Waals surface area contributed by atoms with Crippen LogP contribution in [0.15, 0.2) is 29.0 Å². The van der Waals surface area contributed by atoms with E-state index in [1.807, 2.05) is 6.92 Å². The monoisotopic (exact) mass is 206 g/mol. The molecule has 5 heteroatoms. The van der Waals surface area contributed by atoms with Crippen LogP contribution in [0.3, 0.4) is 0 Å². The summed E-state index contributed by atoms with van der Waals surface area (Å²) >= 11 is 0. The first-order valence-corrected chi connectivity index (χ1v) is 4.56. The van der Waals surface area contributed by atoms with Crippen molar-refractivity contribution in [2.45, 2.75) is 13.5 Å². The second kappa shape index (κ2) is 3.61. The standard InChI is InChI=1S/C10H10N2O3/c1-2-12-7(10(13)14)6-11-9(12)8-4-3-5-15-8/h3-6H,2H2,1H3,(H,13,14). The van der Waals surface area contributed by atoms with E-state index in [0.29, 0.717) is 18.1 Å². The van der Waals surface area contributed by atoms with E-state index in [9.17, 15) is 4.79 Å². The van der Waals surface area contributed by atoms with Crippen LogP contribution in [0.25, 0.3) is 11.6 Å². The van der Waals surface area contributed by atoms with Crippen molar-refractivity contribution in [3.63, 3.8) is 0 Å². The second-order valence-corrected chi connectivity index (χ2v) is 2.99. The van der Waals surface area contributed by atoms with Crippen LogP contribution in [-0.2, 0) is 6.54 Å². The number of hydrogen-bond acceptors (Lipinski definition) is 3. The van der Waals surface area contributed by atoms with Crippen molar-refractivity contribution in [1.82, 2.24) is 9.55 Å². The number of nitrogens with zero attached hydrogens (tertiary/aromatic N) is 2. The van der Waals surface area contributed by atoms with Crippen molar-refractivity contribution in [2.75, 3.05) is 0 Å². The Kier molecular flexibility index (Phi) is 2.29. The summed E-state index contributed by atoms with van der Waals surface area (Å²) in [6.07, 6.45) is 2.87. The lowest BCUT2D eigenvalue weighted by Gasteiger charge is -2.04. The van der Waals surface area contributed by atoms with Gasteiger partial charge in [-0.2, -0.15) is 0 Å². The van der Waals surface area contributed by atoms with E-state index in [1.54, 1.807) is 16.7 Å². The molecular formula is C10H10N2O3. The third-order valence-corrected chi connectivity index (χ3v) is 2.13. The molecule has 0 aliphatic heterocycles. The Morgan fingerprint density at radius 2 is 2.47 bits per heavy atom. The van der Waals surface area contributed by atoms with Crippen LogP contribution in [0.2, 0.25) is 0 Å². The summed E-state index contributed by atoms with van der Waals surface area (Å²) in [4.78, 5) is 14.9. The van der Waals surface area contributed by atoms with E-state index in [2.05, 4.69) is 4.98 Å². The van der Waals surface area contributed by atoms with Crippen molar-refractivity contribution >= 4 is 5.97 Å². The highest BCUT2D eigenvalue weighted by molar-refractivity contribution is 5.86. The summed E-state index contributed by atoms with van der Waals surface area (Å²) in [6, 6.07) is 3.49. The molecule has 15 heavy (non-hydrogen) atoms. The van der Waals surface area contributed by atoms with Crippen LogP contribution >= 0.6 is 0 Å². The number of carbonyl (C=O) groups is 1. The first-order valence-electron chi connectivity index (χ1n) is 4.56. The first kappa shape index (κ1) is 9.51. The Labute approximate surface area is 86.0 Å². The van der Waals surface area contributed by atoms with Gasteiger partial charge in [0.15, 0.2) is 11.6 Å². The van der Waals surface area contributed by atoms with Gasteiger partial charge in [0.05, 0.1) is 12.5 Å². The summed E-state index contributed by atoms with van der Waals surface area (Å²) in [5.41, 5.74) is 0.170. The molecule has 0 unspecified atom stereocenters. The molecular weight excluding hydrogens is 196 g/mol. The van der Waals surface area contributed by atoms with Gasteiger partial charge in [0.1, 0.15) is 5.69 Å². The van der Waals surface area contributed by atoms with Gasteiger partial charge in [0.2, 0.25) is 0 Å². The van der Waals surface area contributed by atoms with E-state index in [-0.39, 0.29) is 5.69 Å². The van der Waals surface area contributed by atoms with Gasteiger partial charge in [-0.1, -0.05) is 0 Å². The molecule has 0 aliphatic rings. The fourth-order valence-corrected chi connectivity index (χ4v) is 1.47. The minimum Gasteiger partial charge on any atom is -0.477 e. The minimum atomic E-state index is -0.984. The molecule has 0 atom stereocenters. The van der Waals surface area contributed by atoms with Crippen LogP contribution in [0, 0.1) is 0 Å². The van der Waals surface area contributed by atoms with Gasteiger partial charge in [-0.05, 0) is 19.1 Å². The van der Waals surface area contributed by atoms with E-state index in [0.717, 1.165) is 0 Å². The Balaban J connectivity index is 2.54. The molecule has 0 aliphatic carbocycles. The summed E-state index contributed by atoms with van der Waals surface area (Å²) in [6.45, 7) is 2.40. The molecule has 2 rings (SSSR count). The molecule has 0 spiro atoms. The third-order valence-electron chi connectivity index (χ3n) is 2.13. The topological polar surface area (TPSA) is 68.3 Å². The number of hydrogen-bond donors (Lipinski definition) is 1. The first-order chi connectivity index (χ1) is 7.24. The van der Waals surface area contributed by atoms with Crippen molar-refractivity contribution in [1.29, 1.82) is 0 Å². The van der Waals surface area contributed by atoms with Crippen molar-refractivity contribution in [3.05, 3.63) is 30.3 Å². The maximum atomic E-state index is 10.9. The lowest BCUT2D eigenvalue weighted by Crippen LogP contribution is -2.07. The van der Waals surface area contributed by atoms with E-state index in [4.69, 9.17) is 9.52 Å². The van der Waals surface area contributed by atoms with Gasteiger partial charge in [0, 0.05) is 6.54 Å². The van der Waals surface area contributed by atoms with Crippen molar-refractivity contribution in [3.8, 4) is 11.6 Å². The maximum Gasteiger partial charge on any atom is 0.354 e. The smallest absolute Gasteiger partial charge is 0.354 e. The number of rotatable bonds is 3. The highest BCUT2D eigenvalue weighted by Gasteiger charge is 2.16. The lowest BCUT2D eigenvalue weighted by atomic mass is 10.4. The van der Waals surface area contributed by atoms with Crippen molar-refractivity contribution < 1.29 is 14.3 Å². The number of carboxylic acids is 1. The van der Waals surface area contributed by atoms with Gasteiger partial charge in [-0.25, -0.2) is 9.78 Å². The quantitative estimate of drug-likeness (QED) is 0.832. The normalized spacial score (nSPS) is 10.5. The average Bonchev–Trinajstić information content (AvgIpc) is 2.85. The fourth-order valence-electron chi connectivity index (χ4n) is 1.47. The largest absolute Gasteiger partial charge is 0.477 e. The zero-order valence-corrected chi connectivity index (χ0v) is 8.17. The molecule has 0 saturated carbocycles. The minimum absolute atomic E-state index is 0.170. The summed E-state index contributed by atoms with van der Waals surface area (Å²) in [5, 5.41) is 8.92. The molecule has 0 fully saturated rings. The number of aromatic nitrogens is 2. The van der Waals surface area contributed by atoms with E-state index < -0.39 is 5.97 Å². The number of aromatic carboxylic acids is 1. The molecule has 0 aromatic carbocycles. The van der Waals surface area contributed by atoms with Crippen LogP contribution in [0.5, 0.6) is 0 Å². The van der Waals surface area contributed by atoms with Crippen LogP contribution in [0.1, 0.15) is 17.4 Å². The van der Waals surface area contributed by atoms with Gasteiger partial charge in [-0.15, -0.1) is 0 Å². The Morgan fingerprint density at radius 1 is 1.67 bits per heavy atom. The molecule has 2 aromatic rings.